The first-order valence-electron chi connectivity index (χ1n) is 10.5. The highest BCUT2D eigenvalue weighted by atomic mass is 16.1. The lowest BCUT2D eigenvalue weighted by molar-refractivity contribution is 0.0951. The molecule has 1 N–H and O–H groups in total. The predicted octanol–water partition coefficient (Wildman–Crippen LogP) is 2.61. The summed E-state index contributed by atoms with van der Waals surface area (Å²) in [7, 11) is 2.17. The van der Waals surface area contributed by atoms with E-state index in [9.17, 15) is 4.79 Å². The summed E-state index contributed by atoms with van der Waals surface area (Å²) in [4.78, 5) is 21.4. The number of likely N-dealkylation sites (N-methyl/N-ethyl adjacent to an activating group) is 1. The number of benzene rings is 2. The molecule has 1 aliphatic heterocycles. The topological polar surface area (TPSA) is 53.4 Å². The predicted molar refractivity (Wildman–Crippen MR) is 118 cm³/mol. The van der Waals surface area contributed by atoms with Gasteiger partial charge in [0.05, 0.1) is 6.33 Å². The third-order valence-corrected chi connectivity index (χ3v) is 5.59. The van der Waals surface area contributed by atoms with E-state index < -0.39 is 0 Å². The summed E-state index contributed by atoms with van der Waals surface area (Å²) in [6.07, 6.45) is 5.48. The Kier molecular flexibility index (Phi) is 6.57. The number of aromatic nitrogens is 2. The van der Waals surface area contributed by atoms with E-state index in [1.54, 1.807) is 12.5 Å². The van der Waals surface area contributed by atoms with E-state index in [-0.39, 0.29) is 5.91 Å². The zero-order valence-electron chi connectivity index (χ0n) is 17.5. The molecule has 0 saturated carbocycles. The molecule has 0 radical (unpaired) electrons. The molecule has 6 heteroatoms. The van der Waals surface area contributed by atoms with Crippen molar-refractivity contribution in [2.45, 2.75) is 19.6 Å². The fourth-order valence-corrected chi connectivity index (χ4v) is 3.74. The third kappa shape index (κ3) is 5.55. The number of imidazole rings is 1. The fourth-order valence-electron chi connectivity index (χ4n) is 3.74. The molecule has 1 amide bonds. The first-order chi connectivity index (χ1) is 14.7. The van der Waals surface area contributed by atoms with Gasteiger partial charge >= 0.3 is 0 Å². The van der Waals surface area contributed by atoms with E-state index in [1.165, 1.54) is 5.56 Å². The van der Waals surface area contributed by atoms with Gasteiger partial charge in [0.25, 0.3) is 5.91 Å². The van der Waals surface area contributed by atoms with Gasteiger partial charge in [-0.05, 0) is 35.9 Å². The first kappa shape index (κ1) is 20.3. The Bertz CT molecular complexity index is 944. The Morgan fingerprint density at radius 2 is 1.73 bits per heavy atom. The Morgan fingerprint density at radius 1 is 0.967 bits per heavy atom. The van der Waals surface area contributed by atoms with E-state index in [2.05, 4.69) is 51.4 Å². The molecule has 2 heterocycles. The van der Waals surface area contributed by atoms with E-state index in [0.29, 0.717) is 12.1 Å². The molecule has 0 unspecified atom stereocenters. The monoisotopic (exact) mass is 403 g/mol. The SMILES string of the molecule is CN1CCN(Cc2cccc(CNC(=O)c3ccc(Cn4ccnc4)cc3)c2)CC1. The van der Waals surface area contributed by atoms with Gasteiger partial charge in [0.2, 0.25) is 0 Å². The van der Waals surface area contributed by atoms with E-state index in [1.807, 2.05) is 35.0 Å². The third-order valence-electron chi connectivity index (χ3n) is 5.59. The maximum Gasteiger partial charge on any atom is 0.251 e. The largest absolute Gasteiger partial charge is 0.348 e. The Labute approximate surface area is 178 Å². The van der Waals surface area contributed by atoms with Crippen molar-refractivity contribution in [1.82, 2.24) is 24.7 Å². The minimum Gasteiger partial charge on any atom is -0.348 e. The number of carbonyl (C=O) groups is 1. The maximum atomic E-state index is 12.5. The van der Waals surface area contributed by atoms with Gasteiger partial charge in [-0.15, -0.1) is 0 Å². The van der Waals surface area contributed by atoms with E-state index in [0.717, 1.165) is 50.4 Å². The van der Waals surface area contributed by atoms with Crippen LogP contribution in [0.2, 0.25) is 0 Å². The van der Waals surface area contributed by atoms with Crippen molar-refractivity contribution >= 4 is 5.91 Å². The van der Waals surface area contributed by atoms with E-state index in [4.69, 9.17) is 0 Å². The molecule has 0 bridgehead atoms. The quantitative estimate of drug-likeness (QED) is 0.659. The summed E-state index contributed by atoms with van der Waals surface area (Å²) in [5.41, 5.74) is 4.25. The van der Waals surface area contributed by atoms with Crippen LogP contribution < -0.4 is 5.32 Å². The number of amides is 1. The fraction of sp³-hybridized carbons (Fsp3) is 0.333. The normalized spacial score (nSPS) is 15.2. The lowest BCUT2D eigenvalue weighted by atomic mass is 10.1. The minimum atomic E-state index is -0.0475. The zero-order valence-corrected chi connectivity index (χ0v) is 17.5. The van der Waals surface area contributed by atoms with Gasteiger partial charge in [-0.1, -0.05) is 36.4 Å². The molecule has 30 heavy (non-hydrogen) atoms. The van der Waals surface area contributed by atoms with E-state index >= 15 is 0 Å². The van der Waals surface area contributed by atoms with Crippen LogP contribution in [0, 0.1) is 0 Å². The summed E-state index contributed by atoms with van der Waals surface area (Å²) in [5, 5.41) is 3.04. The summed E-state index contributed by atoms with van der Waals surface area (Å²) in [6, 6.07) is 16.3. The molecule has 0 spiro atoms. The molecule has 2 aromatic carbocycles. The molecule has 1 fully saturated rings. The molecule has 1 aliphatic rings. The van der Waals surface area contributed by atoms with Crippen molar-refractivity contribution in [3.05, 3.63) is 89.5 Å². The summed E-state index contributed by atoms with van der Waals surface area (Å²) < 4.78 is 2.00. The van der Waals surface area contributed by atoms with Crippen LogP contribution in [0.25, 0.3) is 0 Å². The van der Waals surface area contributed by atoms with Crippen LogP contribution >= 0.6 is 0 Å². The number of nitrogens with zero attached hydrogens (tertiary/aromatic N) is 4. The molecule has 156 valence electrons. The van der Waals surface area contributed by atoms with Crippen molar-refractivity contribution in [2.24, 2.45) is 0 Å². The van der Waals surface area contributed by atoms with Gasteiger partial charge in [-0.2, -0.15) is 0 Å². The van der Waals surface area contributed by atoms with Crippen LogP contribution in [0.4, 0.5) is 0 Å². The summed E-state index contributed by atoms with van der Waals surface area (Å²) >= 11 is 0. The molecule has 6 nitrogen and oxygen atoms in total. The molecule has 0 aliphatic carbocycles. The standard InChI is InChI=1S/C24H29N5O/c1-27-11-13-28(14-12-27)18-22-4-2-3-21(15-22)16-26-24(30)23-7-5-20(6-8-23)17-29-10-9-25-19-29/h2-10,15,19H,11-14,16-18H2,1H3,(H,26,30). The second kappa shape index (κ2) is 9.69. The van der Waals surface area contributed by atoms with Crippen LogP contribution in [0.3, 0.4) is 0 Å². The smallest absolute Gasteiger partial charge is 0.251 e. The highest BCUT2D eigenvalue weighted by Gasteiger charge is 2.14. The average Bonchev–Trinajstić information content (AvgIpc) is 3.28. The van der Waals surface area contributed by atoms with Gasteiger partial charge < -0.3 is 14.8 Å². The molecule has 4 rings (SSSR count). The van der Waals surface area contributed by atoms with Crippen LogP contribution in [0.15, 0.2) is 67.3 Å². The number of hydrogen-bond donors (Lipinski definition) is 1. The molecule has 1 aromatic heterocycles. The number of piperazine rings is 1. The van der Waals surface area contributed by atoms with Crippen molar-refractivity contribution in [1.29, 1.82) is 0 Å². The number of rotatable bonds is 7. The second-order valence-electron chi connectivity index (χ2n) is 8.01. The lowest BCUT2D eigenvalue weighted by Crippen LogP contribution is -2.43. The zero-order chi connectivity index (χ0) is 20.8. The van der Waals surface area contributed by atoms with Gasteiger partial charge in [0.1, 0.15) is 0 Å². The van der Waals surface area contributed by atoms with Crippen LogP contribution in [0.5, 0.6) is 0 Å². The first-order valence-corrected chi connectivity index (χ1v) is 10.5. The number of nitrogens with one attached hydrogen (secondary N) is 1. The highest BCUT2D eigenvalue weighted by Crippen LogP contribution is 2.11. The maximum absolute atomic E-state index is 12.5. The highest BCUT2D eigenvalue weighted by molar-refractivity contribution is 5.94. The van der Waals surface area contributed by atoms with Crippen molar-refractivity contribution in [2.75, 3.05) is 33.2 Å². The summed E-state index contributed by atoms with van der Waals surface area (Å²) in [6.45, 7) is 6.71. The average molecular weight is 404 g/mol. The number of hydrogen-bond acceptors (Lipinski definition) is 4. The molecular formula is C24H29N5O. The van der Waals surface area contributed by atoms with Crippen LogP contribution in [-0.4, -0.2) is 58.5 Å². The Hall–Kier alpha value is -2.96. The van der Waals surface area contributed by atoms with Gasteiger partial charge in [0, 0.05) is 63.8 Å². The van der Waals surface area contributed by atoms with Gasteiger partial charge in [-0.3, -0.25) is 9.69 Å². The molecule has 0 atom stereocenters. The van der Waals surface area contributed by atoms with Crippen LogP contribution in [0.1, 0.15) is 27.0 Å². The molecule has 3 aromatic rings. The lowest BCUT2D eigenvalue weighted by Gasteiger charge is -2.32. The Morgan fingerprint density at radius 3 is 2.47 bits per heavy atom. The van der Waals surface area contributed by atoms with Gasteiger partial charge in [0.15, 0.2) is 0 Å². The summed E-state index contributed by atoms with van der Waals surface area (Å²) in [5.74, 6) is -0.0475. The Balaban J connectivity index is 1.29. The molecule has 1 saturated heterocycles. The van der Waals surface area contributed by atoms with Gasteiger partial charge in [-0.25, -0.2) is 4.98 Å². The molecular weight excluding hydrogens is 374 g/mol. The second-order valence-corrected chi connectivity index (χ2v) is 8.01. The van der Waals surface area contributed by atoms with Crippen molar-refractivity contribution in [3.63, 3.8) is 0 Å². The minimum absolute atomic E-state index is 0.0475. The van der Waals surface area contributed by atoms with Crippen LogP contribution in [-0.2, 0) is 19.6 Å². The van der Waals surface area contributed by atoms with Crippen molar-refractivity contribution in [3.8, 4) is 0 Å². The number of carbonyl (C=O) groups excluding carboxylic acids is 1. The van der Waals surface area contributed by atoms with Crippen molar-refractivity contribution < 1.29 is 4.79 Å².